The second kappa shape index (κ2) is 5.46. The van der Waals surface area contributed by atoms with Gasteiger partial charge in [0.1, 0.15) is 14.5 Å². The third-order valence-corrected chi connectivity index (χ3v) is 4.86. The zero-order valence-electron chi connectivity index (χ0n) is 12.4. The number of nitrogens with one attached hydrogen (secondary N) is 1. The number of ether oxygens (including phenoxy) is 2. The SMILES string of the molecule is [B][C@@H]1O[C@]2(CC(=O)OCc3ccccc3)C(C)[C@@H]1N[C@H]2C. The number of hydrogen-bond acceptors (Lipinski definition) is 4. The molecule has 2 saturated heterocycles. The van der Waals surface area contributed by atoms with Gasteiger partial charge in [0.25, 0.3) is 0 Å². The highest BCUT2D eigenvalue weighted by atomic mass is 16.5. The first kappa shape index (κ1) is 14.6. The normalized spacial score (nSPS) is 37.6. The second-order valence-electron chi connectivity index (χ2n) is 6.06. The quantitative estimate of drug-likeness (QED) is 0.670. The third kappa shape index (κ3) is 2.49. The first-order valence-corrected chi connectivity index (χ1v) is 7.42. The van der Waals surface area contributed by atoms with E-state index in [2.05, 4.69) is 12.2 Å². The molecule has 2 radical (unpaired) electrons. The summed E-state index contributed by atoms with van der Waals surface area (Å²) < 4.78 is 11.3. The molecule has 2 aliphatic rings. The molecule has 21 heavy (non-hydrogen) atoms. The summed E-state index contributed by atoms with van der Waals surface area (Å²) in [6.45, 7) is 4.41. The van der Waals surface area contributed by atoms with E-state index in [1.807, 2.05) is 37.3 Å². The minimum absolute atomic E-state index is 0.0987. The minimum atomic E-state index is -0.544. The molecule has 1 unspecified atom stereocenters. The lowest BCUT2D eigenvalue weighted by Crippen LogP contribution is -2.52. The maximum absolute atomic E-state index is 12.2. The smallest absolute Gasteiger partial charge is 0.309 e. The van der Waals surface area contributed by atoms with Crippen LogP contribution in [0.1, 0.15) is 25.8 Å². The predicted octanol–water partition coefficient (Wildman–Crippen LogP) is 1.38. The summed E-state index contributed by atoms with van der Waals surface area (Å²) in [6, 6.07) is 9.53. The third-order valence-electron chi connectivity index (χ3n) is 4.86. The van der Waals surface area contributed by atoms with Crippen LogP contribution in [0.2, 0.25) is 0 Å². The molecule has 1 N–H and O–H groups in total. The fraction of sp³-hybridized carbons (Fsp3) is 0.562. The molecule has 0 saturated carbocycles. The highest BCUT2D eigenvalue weighted by molar-refractivity contribution is 6.12. The predicted molar refractivity (Wildman–Crippen MR) is 79.8 cm³/mol. The molecule has 2 aliphatic heterocycles. The highest BCUT2D eigenvalue weighted by Crippen LogP contribution is 2.46. The van der Waals surface area contributed by atoms with Gasteiger partial charge in [-0.25, -0.2) is 0 Å². The van der Waals surface area contributed by atoms with E-state index in [4.69, 9.17) is 17.3 Å². The molecule has 0 aromatic heterocycles. The van der Waals surface area contributed by atoms with Crippen LogP contribution in [0, 0.1) is 5.92 Å². The summed E-state index contributed by atoms with van der Waals surface area (Å²) in [7, 11) is 5.96. The van der Waals surface area contributed by atoms with Gasteiger partial charge in [-0.1, -0.05) is 37.3 Å². The first-order chi connectivity index (χ1) is 10.0. The molecule has 1 aromatic rings. The highest BCUT2D eigenvalue weighted by Gasteiger charge is 2.60. The Hall–Kier alpha value is -1.33. The zero-order valence-corrected chi connectivity index (χ0v) is 12.4. The molecular weight excluding hydrogens is 265 g/mol. The van der Waals surface area contributed by atoms with Gasteiger partial charge >= 0.3 is 5.97 Å². The summed E-state index contributed by atoms with van der Waals surface area (Å²) in [5, 5.41) is 3.41. The van der Waals surface area contributed by atoms with Crippen LogP contribution in [0.5, 0.6) is 0 Å². The van der Waals surface area contributed by atoms with Crippen LogP contribution in [0.25, 0.3) is 0 Å². The average Bonchev–Trinajstić information content (AvgIpc) is 2.84. The Morgan fingerprint density at radius 2 is 2.10 bits per heavy atom. The summed E-state index contributed by atoms with van der Waals surface area (Å²) in [5.74, 6) is -0.0409. The van der Waals surface area contributed by atoms with E-state index in [1.54, 1.807) is 0 Å². The number of fused-ring (bicyclic) bond motifs is 2. The Morgan fingerprint density at radius 1 is 1.38 bits per heavy atom. The van der Waals surface area contributed by atoms with E-state index in [-0.39, 0.29) is 36.4 Å². The Morgan fingerprint density at radius 3 is 2.71 bits per heavy atom. The monoisotopic (exact) mass is 285 g/mol. The van der Waals surface area contributed by atoms with Crippen molar-refractivity contribution >= 4 is 13.8 Å². The van der Waals surface area contributed by atoms with Crippen LogP contribution in [0.4, 0.5) is 0 Å². The van der Waals surface area contributed by atoms with Gasteiger partial charge in [-0.3, -0.25) is 4.79 Å². The van der Waals surface area contributed by atoms with E-state index in [1.165, 1.54) is 0 Å². The molecule has 2 heterocycles. The van der Waals surface area contributed by atoms with Crippen LogP contribution >= 0.6 is 0 Å². The molecule has 5 heteroatoms. The number of carbonyl (C=O) groups is 1. The zero-order chi connectivity index (χ0) is 15.0. The van der Waals surface area contributed by atoms with Crippen molar-refractivity contribution in [3.05, 3.63) is 35.9 Å². The number of hydrogen-bond donors (Lipinski definition) is 1. The van der Waals surface area contributed by atoms with Crippen molar-refractivity contribution in [2.75, 3.05) is 0 Å². The standard InChI is InChI=1S/C16H20BNO3/c1-10-14-15(17)21-16(10,11(2)18-14)8-13(19)20-9-12-6-4-3-5-7-12/h3-7,10-11,14-15,18H,8-9H2,1-2H3/t10?,11-,14-,15+,16+/m0/s1. The number of rotatable bonds is 4. The first-order valence-electron chi connectivity index (χ1n) is 7.42. The van der Waals surface area contributed by atoms with Crippen LogP contribution < -0.4 is 5.32 Å². The Balaban J connectivity index is 1.62. The Bertz CT molecular complexity index is 524. The molecule has 2 fully saturated rings. The fourth-order valence-corrected chi connectivity index (χ4v) is 3.56. The van der Waals surface area contributed by atoms with Crippen LogP contribution in [0.3, 0.4) is 0 Å². The number of benzene rings is 1. The van der Waals surface area contributed by atoms with Gasteiger partial charge in [0.05, 0.1) is 12.0 Å². The van der Waals surface area contributed by atoms with Gasteiger partial charge in [-0.15, -0.1) is 0 Å². The van der Waals surface area contributed by atoms with Crippen molar-refractivity contribution < 1.29 is 14.3 Å². The Labute approximate surface area is 126 Å². The molecule has 1 aromatic carbocycles. The topological polar surface area (TPSA) is 47.6 Å². The van der Waals surface area contributed by atoms with Crippen molar-refractivity contribution in [3.63, 3.8) is 0 Å². The van der Waals surface area contributed by atoms with Crippen molar-refractivity contribution in [2.24, 2.45) is 5.92 Å². The lowest BCUT2D eigenvalue weighted by Gasteiger charge is -2.36. The maximum atomic E-state index is 12.2. The Kier molecular flexibility index (Phi) is 3.80. The van der Waals surface area contributed by atoms with Crippen molar-refractivity contribution in [1.82, 2.24) is 5.32 Å². The molecule has 0 spiro atoms. The summed E-state index contributed by atoms with van der Waals surface area (Å²) in [5.41, 5.74) is 0.439. The number of carbonyl (C=O) groups excluding carboxylic acids is 1. The van der Waals surface area contributed by atoms with E-state index in [0.29, 0.717) is 6.61 Å². The molecule has 0 amide bonds. The average molecular weight is 285 g/mol. The molecule has 5 atom stereocenters. The largest absolute Gasteiger partial charge is 0.461 e. The van der Waals surface area contributed by atoms with Gasteiger partial charge in [0.2, 0.25) is 0 Å². The minimum Gasteiger partial charge on any atom is -0.461 e. The van der Waals surface area contributed by atoms with Gasteiger partial charge < -0.3 is 14.8 Å². The summed E-state index contributed by atoms with van der Waals surface area (Å²) >= 11 is 0. The van der Waals surface area contributed by atoms with Crippen LogP contribution in [-0.2, 0) is 20.9 Å². The van der Waals surface area contributed by atoms with Gasteiger partial charge in [-0.2, -0.15) is 0 Å². The van der Waals surface area contributed by atoms with Crippen LogP contribution in [0.15, 0.2) is 30.3 Å². The van der Waals surface area contributed by atoms with E-state index >= 15 is 0 Å². The number of morpholine rings is 1. The van der Waals surface area contributed by atoms with Gasteiger partial charge in [0.15, 0.2) is 0 Å². The van der Waals surface area contributed by atoms with Gasteiger partial charge in [-0.05, 0) is 12.5 Å². The fourth-order valence-electron chi connectivity index (χ4n) is 3.56. The van der Waals surface area contributed by atoms with E-state index in [0.717, 1.165) is 5.56 Å². The maximum Gasteiger partial charge on any atom is 0.309 e. The number of esters is 1. The van der Waals surface area contributed by atoms with Crippen molar-refractivity contribution in [2.45, 2.75) is 50.6 Å². The molecule has 0 aliphatic carbocycles. The lowest BCUT2D eigenvalue weighted by atomic mass is 9.81. The van der Waals surface area contributed by atoms with E-state index < -0.39 is 5.60 Å². The molecule has 110 valence electrons. The molecule has 2 bridgehead atoms. The molecular formula is C16H20BNO3. The second-order valence-corrected chi connectivity index (χ2v) is 6.06. The lowest BCUT2D eigenvalue weighted by molar-refractivity contribution is -0.155. The van der Waals surface area contributed by atoms with Crippen molar-refractivity contribution in [1.29, 1.82) is 0 Å². The molecule has 3 rings (SSSR count). The summed E-state index contributed by atoms with van der Waals surface area (Å²) in [6.07, 6.45) is 0.235. The van der Waals surface area contributed by atoms with Crippen LogP contribution in [-0.4, -0.2) is 37.5 Å². The van der Waals surface area contributed by atoms with E-state index in [9.17, 15) is 4.79 Å². The van der Waals surface area contributed by atoms with Crippen molar-refractivity contribution in [3.8, 4) is 0 Å². The van der Waals surface area contributed by atoms with Gasteiger partial charge in [0, 0.05) is 24.0 Å². The molecule has 4 nitrogen and oxygen atoms in total. The summed E-state index contributed by atoms with van der Waals surface area (Å²) in [4.78, 5) is 12.2.